The molecule has 1 aromatic carbocycles. The van der Waals surface area contributed by atoms with Gasteiger partial charge in [-0.2, -0.15) is 0 Å². The van der Waals surface area contributed by atoms with Crippen molar-refractivity contribution in [3.8, 4) is 0 Å². The number of hydrogen-bond acceptors (Lipinski definition) is 4. The normalized spacial score (nSPS) is 20.6. The summed E-state index contributed by atoms with van der Waals surface area (Å²) in [4.78, 5) is 15.5. The molecule has 25 heavy (non-hydrogen) atoms. The number of nitrogens with zero attached hydrogens (tertiary/aromatic N) is 2. The van der Waals surface area contributed by atoms with E-state index in [-0.39, 0.29) is 17.7 Å². The molecule has 2 saturated heterocycles. The molecular formula is C18H24FN3O2S. The Morgan fingerprint density at radius 1 is 1.36 bits per heavy atom. The SMILES string of the molecule is CC(=O)c1ccc(N2CCN(C(=S)NC[C@H]3CCCO3)CC2)c(F)c1. The maximum Gasteiger partial charge on any atom is 0.169 e. The molecule has 1 atom stereocenters. The summed E-state index contributed by atoms with van der Waals surface area (Å²) in [5.74, 6) is -0.474. The summed E-state index contributed by atoms with van der Waals surface area (Å²) in [6.45, 7) is 5.90. The lowest BCUT2D eigenvalue weighted by Gasteiger charge is -2.37. The zero-order chi connectivity index (χ0) is 17.8. The standard InChI is InChI=1S/C18H24FN3O2S/c1-13(23)14-4-5-17(16(19)11-14)21-6-8-22(9-7-21)18(25)20-12-15-3-2-10-24-15/h4-5,11,15H,2-3,6-10,12H2,1H3,(H,20,25)/t15-/m1/s1. The van der Waals surface area contributed by atoms with E-state index < -0.39 is 0 Å². The first-order chi connectivity index (χ1) is 12.0. The Hall–Kier alpha value is -1.73. The molecule has 0 amide bonds. The van der Waals surface area contributed by atoms with E-state index in [4.69, 9.17) is 17.0 Å². The van der Waals surface area contributed by atoms with Gasteiger partial charge in [0, 0.05) is 44.9 Å². The number of nitrogens with one attached hydrogen (secondary N) is 1. The lowest BCUT2D eigenvalue weighted by atomic mass is 10.1. The third kappa shape index (κ3) is 4.46. The molecule has 0 spiro atoms. The number of carbonyl (C=O) groups is 1. The zero-order valence-corrected chi connectivity index (χ0v) is 15.3. The number of halogens is 1. The van der Waals surface area contributed by atoms with Gasteiger partial charge in [0.05, 0.1) is 11.8 Å². The molecule has 5 nitrogen and oxygen atoms in total. The molecular weight excluding hydrogens is 341 g/mol. The smallest absolute Gasteiger partial charge is 0.169 e. The minimum Gasteiger partial charge on any atom is -0.376 e. The van der Waals surface area contributed by atoms with E-state index in [2.05, 4.69) is 10.2 Å². The number of thiocarbonyl (C=S) groups is 1. The molecule has 3 rings (SSSR count). The number of rotatable bonds is 4. The van der Waals surface area contributed by atoms with E-state index in [0.29, 0.717) is 24.3 Å². The number of piperazine rings is 1. The highest BCUT2D eigenvalue weighted by molar-refractivity contribution is 7.80. The fourth-order valence-electron chi connectivity index (χ4n) is 3.25. The van der Waals surface area contributed by atoms with Crippen molar-refractivity contribution < 1.29 is 13.9 Å². The molecule has 0 saturated carbocycles. The molecule has 0 aromatic heterocycles. The molecule has 0 unspecified atom stereocenters. The molecule has 1 N–H and O–H groups in total. The van der Waals surface area contributed by atoms with Crippen LogP contribution in [0.25, 0.3) is 0 Å². The predicted molar refractivity (Wildman–Crippen MR) is 99.8 cm³/mol. The van der Waals surface area contributed by atoms with E-state index in [1.165, 1.54) is 13.0 Å². The number of carbonyl (C=O) groups excluding carboxylic acids is 1. The quantitative estimate of drug-likeness (QED) is 0.652. The maximum atomic E-state index is 14.3. The van der Waals surface area contributed by atoms with Crippen molar-refractivity contribution >= 4 is 28.8 Å². The van der Waals surface area contributed by atoms with E-state index in [1.54, 1.807) is 12.1 Å². The summed E-state index contributed by atoms with van der Waals surface area (Å²) < 4.78 is 19.9. The lowest BCUT2D eigenvalue weighted by Crippen LogP contribution is -2.52. The van der Waals surface area contributed by atoms with Crippen LogP contribution in [0.15, 0.2) is 18.2 Å². The van der Waals surface area contributed by atoms with Crippen LogP contribution in [0.1, 0.15) is 30.1 Å². The Morgan fingerprint density at radius 2 is 2.12 bits per heavy atom. The molecule has 0 aliphatic carbocycles. The minimum absolute atomic E-state index is 0.127. The van der Waals surface area contributed by atoms with Crippen LogP contribution in [0.3, 0.4) is 0 Å². The van der Waals surface area contributed by atoms with Crippen molar-refractivity contribution in [3.63, 3.8) is 0 Å². The highest BCUT2D eigenvalue weighted by Gasteiger charge is 2.22. The van der Waals surface area contributed by atoms with Gasteiger partial charge in [0.2, 0.25) is 0 Å². The molecule has 7 heteroatoms. The Kier molecular flexibility index (Phi) is 5.86. The van der Waals surface area contributed by atoms with Crippen molar-refractivity contribution in [1.82, 2.24) is 10.2 Å². The van der Waals surface area contributed by atoms with Gasteiger partial charge in [-0.15, -0.1) is 0 Å². The topological polar surface area (TPSA) is 44.8 Å². The van der Waals surface area contributed by atoms with Gasteiger partial charge in [-0.05, 0) is 50.2 Å². The summed E-state index contributed by atoms with van der Waals surface area (Å²) in [5.41, 5.74) is 0.947. The molecule has 2 fully saturated rings. The molecule has 2 aliphatic rings. The lowest BCUT2D eigenvalue weighted by molar-refractivity contribution is 0.101. The Morgan fingerprint density at radius 3 is 2.72 bits per heavy atom. The second-order valence-corrected chi connectivity index (χ2v) is 6.90. The Labute approximate surface area is 153 Å². The van der Waals surface area contributed by atoms with Crippen LogP contribution in [-0.4, -0.2) is 61.2 Å². The second kappa shape index (κ2) is 8.10. The number of ether oxygens (including phenoxy) is 1. The van der Waals surface area contributed by atoms with Crippen molar-refractivity contribution in [2.75, 3.05) is 44.2 Å². The highest BCUT2D eigenvalue weighted by Crippen LogP contribution is 2.22. The molecule has 2 aliphatic heterocycles. The van der Waals surface area contributed by atoms with Crippen LogP contribution in [-0.2, 0) is 4.74 Å². The van der Waals surface area contributed by atoms with Gasteiger partial charge in [-0.1, -0.05) is 0 Å². The molecule has 136 valence electrons. The van der Waals surface area contributed by atoms with E-state index in [0.717, 1.165) is 44.2 Å². The number of ketones is 1. The average molecular weight is 365 g/mol. The average Bonchev–Trinajstić information content (AvgIpc) is 3.13. The van der Waals surface area contributed by atoms with Gasteiger partial charge in [0.25, 0.3) is 0 Å². The van der Waals surface area contributed by atoms with Crippen LogP contribution in [0, 0.1) is 5.82 Å². The summed E-state index contributed by atoms with van der Waals surface area (Å²) in [6.07, 6.45) is 2.46. The molecule has 2 heterocycles. The fraction of sp³-hybridized carbons (Fsp3) is 0.556. The third-order valence-corrected chi connectivity index (χ3v) is 5.17. The van der Waals surface area contributed by atoms with E-state index in [9.17, 15) is 9.18 Å². The highest BCUT2D eigenvalue weighted by atomic mass is 32.1. The number of hydrogen-bond donors (Lipinski definition) is 1. The maximum absolute atomic E-state index is 14.3. The number of benzene rings is 1. The van der Waals surface area contributed by atoms with Gasteiger partial charge < -0.3 is 19.9 Å². The number of anilines is 1. The van der Waals surface area contributed by atoms with E-state index in [1.807, 2.05) is 4.90 Å². The Balaban J connectivity index is 1.51. The summed E-state index contributed by atoms with van der Waals surface area (Å²) in [7, 11) is 0. The fourth-order valence-corrected chi connectivity index (χ4v) is 3.52. The first kappa shape index (κ1) is 18.1. The number of Topliss-reactive ketones (excluding diaryl/α,β-unsaturated/α-hetero) is 1. The van der Waals surface area contributed by atoms with Gasteiger partial charge in [-0.25, -0.2) is 4.39 Å². The second-order valence-electron chi connectivity index (χ2n) is 6.52. The van der Waals surface area contributed by atoms with Gasteiger partial charge in [-0.3, -0.25) is 4.79 Å². The monoisotopic (exact) mass is 365 g/mol. The summed E-state index contributed by atoms with van der Waals surface area (Å²) >= 11 is 5.46. The third-order valence-electron chi connectivity index (χ3n) is 4.77. The van der Waals surface area contributed by atoms with Crippen molar-refractivity contribution in [2.45, 2.75) is 25.9 Å². The molecule has 1 aromatic rings. The van der Waals surface area contributed by atoms with Crippen LogP contribution in [0.2, 0.25) is 0 Å². The minimum atomic E-state index is -0.347. The van der Waals surface area contributed by atoms with Crippen molar-refractivity contribution in [1.29, 1.82) is 0 Å². The van der Waals surface area contributed by atoms with Crippen LogP contribution < -0.4 is 10.2 Å². The van der Waals surface area contributed by atoms with Crippen molar-refractivity contribution in [3.05, 3.63) is 29.6 Å². The first-order valence-electron chi connectivity index (χ1n) is 8.74. The van der Waals surface area contributed by atoms with Gasteiger partial charge in [0.15, 0.2) is 10.9 Å². The molecule has 0 radical (unpaired) electrons. The first-order valence-corrected chi connectivity index (χ1v) is 9.15. The van der Waals surface area contributed by atoms with Crippen molar-refractivity contribution in [2.24, 2.45) is 0 Å². The van der Waals surface area contributed by atoms with E-state index >= 15 is 0 Å². The molecule has 0 bridgehead atoms. The Bertz CT molecular complexity index is 641. The van der Waals surface area contributed by atoms with Gasteiger partial charge in [0.1, 0.15) is 5.82 Å². The largest absolute Gasteiger partial charge is 0.376 e. The summed E-state index contributed by atoms with van der Waals surface area (Å²) in [5, 5.41) is 4.02. The van der Waals surface area contributed by atoms with Crippen LogP contribution in [0.4, 0.5) is 10.1 Å². The van der Waals surface area contributed by atoms with Crippen LogP contribution in [0.5, 0.6) is 0 Å². The zero-order valence-electron chi connectivity index (χ0n) is 14.5. The van der Waals surface area contributed by atoms with Crippen LogP contribution >= 0.6 is 12.2 Å². The van der Waals surface area contributed by atoms with Gasteiger partial charge >= 0.3 is 0 Å². The summed E-state index contributed by atoms with van der Waals surface area (Å²) in [6, 6.07) is 4.69. The predicted octanol–water partition coefficient (Wildman–Crippen LogP) is 2.20.